The summed E-state index contributed by atoms with van der Waals surface area (Å²) in [5.41, 5.74) is 3.98. The molecule has 2 atom stereocenters. The van der Waals surface area contributed by atoms with Crippen LogP contribution >= 0.6 is 0 Å². The van der Waals surface area contributed by atoms with Crippen LogP contribution in [0.4, 0.5) is 0 Å². The van der Waals surface area contributed by atoms with E-state index in [2.05, 4.69) is 10.3 Å². The fraction of sp³-hybridized carbons (Fsp3) is 0.409. The zero-order valence-electron chi connectivity index (χ0n) is 17.3. The molecule has 0 unspecified atom stereocenters. The van der Waals surface area contributed by atoms with Gasteiger partial charge in [0.1, 0.15) is 6.79 Å². The molecule has 0 aliphatic heterocycles. The average Bonchev–Trinajstić information content (AvgIpc) is 2.76. The van der Waals surface area contributed by atoms with Crippen LogP contribution in [0.3, 0.4) is 0 Å². The van der Waals surface area contributed by atoms with Crippen molar-refractivity contribution in [2.45, 2.75) is 32.7 Å². The van der Waals surface area contributed by atoms with Gasteiger partial charge in [0.15, 0.2) is 0 Å². The van der Waals surface area contributed by atoms with E-state index in [1.807, 2.05) is 32.0 Å². The molecule has 0 saturated heterocycles. The Labute approximate surface area is 178 Å². The molecule has 0 spiro atoms. The van der Waals surface area contributed by atoms with Crippen LogP contribution in [-0.4, -0.2) is 48.1 Å². The summed E-state index contributed by atoms with van der Waals surface area (Å²) < 4.78 is 10.7. The lowest BCUT2D eigenvalue weighted by molar-refractivity contribution is -0.134. The van der Waals surface area contributed by atoms with Crippen LogP contribution in [0.5, 0.6) is 0 Å². The van der Waals surface area contributed by atoms with Crippen molar-refractivity contribution in [2.24, 2.45) is 5.92 Å². The van der Waals surface area contributed by atoms with Crippen molar-refractivity contribution >= 4 is 11.8 Å². The van der Waals surface area contributed by atoms with Gasteiger partial charge in [-0.3, -0.25) is 19.8 Å². The Morgan fingerprint density at radius 3 is 2.67 bits per heavy atom. The maximum atomic E-state index is 12.8. The van der Waals surface area contributed by atoms with Gasteiger partial charge in [-0.2, -0.15) is 0 Å². The number of benzene rings is 1. The van der Waals surface area contributed by atoms with Crippen LogP contribution in [0.2, 0.25) is 0 Å². The minimum Gasteiger partial charge on any atom is -0.356 e. The number of ether oxygens (including phenoxy) is 2. The van der Waals surface area contributed by atoms with Crippen molar-refractivity contribution in [1.29, 1.82) is 0 Å². The van der Waals surface area contributed by atoms with Crippen molar-refractivity contribution < 1.29 is 25.7 Å². The number of aryl methyl sites for hydroxylation is 1. The van der Waals surface area contributed by atoms with E-state index < -0.39 is 17.9 Å². The van der Waals surface area contributed by atoms with Crippen LogP contribution in [-0.2, 0) is 20.7 Å². The van der Waals surface area contributed by atoms with Gasteiger partial charge >= 0.3 is 0 Å². The molecule has 2 rings (SSSR count). The lowest BCUT2D eigenvalue weighted by Crippen LogP contribution is -2.43. The van der Waals surface area contributed by atoms with E-state index in [-0.39, 0.29) is 27.2 Å². The Morgan fingerprint density at radius 2 is 2.00 bits per heavy atom. The maximum absolute atomic E-state index is 12.8. The van der Waals surface area contributed by atoms with E-state index in [9.17, 15) is 14.8 Å². The number of hydrogen-bond donors (Lipinski definition) is 3. The van der Waals surface area contributed by atoms with E-state index >= 15 is 0 Å². The Kier molecular flexibility index (Phi) is 9.93. The largest absolute Gasteiger partial charge is 0.356 e. The standard InChI is InChI=1S/C22H29N3O5.H2/c1-3-29-15-30-14-19(24-22(27)20-9-5-4-7-16(20)2)12-18(21(26)25-28)11-17-8-6-10-23-13-17;/h4-10,13,18-19,28H,3,11-12,14-15H2,1-2H3,(H,24,27)(H,25,26);1H/t18-,19-;/m0./s1. The normalized spacial score (nSPS) is 12.8. The number of hydroxylamine groups is 1. The Morgan fingerprint density at radius 1 is 1.20 bits per heavy atom. The molecule has 0 bridgehead atoms. The molecule has 2 aromatic rings. The number of nitrogens with one attached hydrogen (secondary N) is 2. The first-order valence-corrected chi connectivity index (χ1v) is 9.90. The lowest BCUT2D eigenvalue weighted by atomic mass is 9.92. The van der Waals surface area contributed by atoms with Gasteiger partial charge < -0.3 is 14.8 Å². The smallest absolute Gasteiger partial charge is 0.251 e. The molecular weight excluding hydrogens is 386 g/mol. The van der Waals surface area contributed by atoms with E-state index in [0.717, 1.165) is 11.1 Å². The second kappa shape index (κ2) is 12.7. The molecule has 1 aromatic carbocycles. The fourth-order valence-corrected chi connectivity index (χ4v) is 3.11. The zero-order valence-corrected chi connectivity index (χ0v) is 17.3. The lowest BCUT2D eigenvalue weighted by Gasteiger charge is -2.24. The van der Waals surface area contributed by atoms with Crippen molar-refractivity contribution in [3.63, 3.8) is 0 Å². The van der Waals surface area contributed by atoms with E-state index in [4.69, 9.17) is 9.47 Å². The summed E-state index contributed by atoms with van der Waals surface area (Å²) >= 11 is 0. The van der Waals surface area contributed by atoms with Crippen molar-refractivity contribution in [2.75, 3.05) is 20.0 Å². The van der Waals surface area contributed by atoms with Gasteiger partial charge in [0.25, 0.3) is 5.91 Å². The molecule has 0 radical (unpaired) electrons. The second-order valence-electron chi connectivity index (χ2n) is 6.94. The monoisotopic (exact) mass is 417 g/mol. The topological polar surface area (TPSA) is 110 Å². The number of hydrogen-bond acceptors (Lipinski definition) is 6. The number of pyridine rings is 1. The SMILES string of the molecule is CCOCOC[C@H](C[C@H](Cc1cccnc1)C(=O)NO)NC(=O)c1ccccc1C.[HH]. The predicted octanol–water partition coefficient (Wildman–Crippen LogP) is 2.50. The number of nitrogens with zero attached hydrogens (tertiary/aromatic N) is 1. The highest BCUT2D eigenvalue weighted by molar-refractivity contribution is 5.95. The minimum atomic E-state index is -0.586. The van der Waals surface area contributed by atoms with Crippen molar-refractivity contribution in [3.05, 3.63) is 65.5 Å². The molecule has 1 heterocycles. The highest BCUT2D eigenvalue weighted by Gasteiger charge is 2.25. The van der Waals surface area contributed by atoms with E-state index in [1.165, 1.54) is 0 Å². The number of carbonyl (C=O) groups excluding carboxylic acids is 2. The summed E-state index contributed by atoms with van der Waals surface area (Å²) in [5.74, 6) is -1.36. The Hall–Kier alpha value is -2.81. The third-order valence-electron chi connectivity index (χ3n) is 4.67. The Balaban J connectivity index is 0.00000480. The molecule has 0 saturated carbocycles. The van der Waals surface area contributed by atoms with Gasteiger partial charge in [0.2, 0.25) is 5.91 Å². The number of amides is 2. The molecule has 164 valence electrons. The molecule has 8 nitrogen and oxygen atoms in total. The Bertz CT molecular complexity index is 807. The van der Waals surface area contributed by atoms with E-state index in [1.54, 1.807) is 36.1 Å². The summed E-state index contributed by atoms with van der Waals surface area (Å²) in [4.78, 5) is 29.1. The maximum Gasteiger partial charge on any atom is 0.251 e. The van der Waals surface area contributed by atoms with Gasteiger partial charge in [-0.15, -0.1) is 0 Å². The fourth-order valence-electron chi connectivity index (χ4n) is 3.11. The third-order valence-corrected chi connectivity index (χ3v) is 4.67. The third kappa shape index (κ3) is 7.55. The molecule has 3 N–H and O–H groups in total. The van der Waals surface area contributed by atoms with Gasteiger partial charge in [0, 0.05) is 31.9 Å². The van der Waals surface area contributed by atoms with Crippen LogP contribution in [0.1, 0.15) is 36.3 Å². The molecule has 30 heavy (non-hydrogen) atoms. The van der Waals surface area contributed by atoms with Crippen molar-refractivity contribution in [3.8, 4) is 0 Å². The number of aromatic nitrogens is 1. The average molecular weight is 418 g/mol. The molecular formula is C22H31N3O5. The van der Waals surface area contributed by atoms with E-state index in [0.29, 0.717) is 18.6 Å². The summed E-state index contributed by atoms with van der Waals surface area (Å²) in [6.07, 6.45) is 3.95. The summed E-state index contributed by atoms with van der Waals surface area (Å²) in [6, 6.07) is 10.5. The van der Waals surface area contributed by atoms with Gasteiger partial charge in [-0.25, -0.2) is 5.48 Å². The molecule has 0 aliphatic carbocycles. The quantitative estimate of drug-likeness (QED) is 0.212. The van der Waals surface area contributed by atoms with Gasteiger partial charge in [-0.05, 0) is 49.9 Å². The first kappa shape index (κ1) is 23.5. The highest BCUT2D eigenvalue weighted by atomic mass is 16.7. The summed E-state index contributed by atoms with van der Waals surface area (Å²) in [6.45, 7) is 4.49. The first-order chi connectivity index (χ1) is 14.5. The van der Waals surface area contributed by atoms with Crippen molar-refractivity contribution in [1.82, 2.24) is 15.8 Å². The molecule has 0 fully saturated rings. The molecule has 0 aliphatic rings. The van der Waals surface area contributed by atoms with Gasteiger partial charge in [-0.1, -0.05) is 24.3 Å². The molecule has 1 aromatic heterocycles. The number of rotatable bonds is 12. The predicted molar refractivity (Wildman–Crippen MR) is 113 cm³/mol. The summed E-state index contributed by atoms with van der Waals surface area (Å²) in [7, 11) is 0. The molecule has 8 heteroatoms. The highest BCUT2D eigenvalue weighted by Crippen LogP contribution is 2.16. The van der Waals surface area contributed by atoms with Crippen LogP contribution in [0.15, 0.2) is 48.8 Å². The van der Waals surface area contributed by atoms with Crippen LogP contribution in [0, 0.1) is 12.8 Å². The first-order valence-electron chi connectivity index (χ1n) is 9.90. The van der Waals surface area contributed by atoms with Crippen LogP contribution < -0.4 is 10.8 Å². The number of carbonyl (C=O) groups is 2. The second-order valence-corrected chi connectivity index (χ2v) is 6.94. The van der Waals surface area contributed by atoms with Gasteiger partial charge in [0.05, 0.1) is 12.6 Å². The molecule has 2 amide bonds. The summed E-state index contributed by atoms with van der Waals surface area (Å²) in [5, 5.41) is 12.1. The minimum absolute atomic E-state index is 0. The van der Waals surface area contributed by atoms with Crippen LogP contribution in [0.25, 0.3) is 0 Å². The zero-order chi connectivity index (χ0) is 21.8.